The molecule has 5 nitrogen and oxygen atoms in total. The molecule has 5 heteroatoms. The molecule has 118 valence electrons. The zero-order valence-corrected chi connectivity index (χ0v) is 13.4. The van der Waals surface area contributed by atoms with E-state index in [4.69, 9.17) is 9.47 Å². The summed E-state index contributed by atoms with van der Waals surface area (Å²) >= 11 is 0. The van der Waals surface area contributed by atoms with Gasteiger partial charge in [0.1, 0.15) is 18.2 Å². The number of rotatable bonds is 7. The van der Waals surface area contributed by atoms with Crippen molar-refractivity contribution < 1.29 is 9.47 Å². The predicted octanol–water partition coefficient (Wildman–Crippen LogP) is 3.37. The molecule has 1 unspecified atom stereocenters. The highest BCUT2D eigenvalue weighted by molar-refractivity contribution is 5.38. The molecule has 1 N–H and O–H groups in total. The largest absolute Gasteiger partial charge is 0.475 e. The van der Waals surface area contributed by atoms with Crippen LogP contribution in [0.25, 0.3) is 0 Å². The number of nitrogens with one attached hydrogen (secondary N) is 1. The molecule has 21 heavy (non-hydrogen) atoms. The molecule has 0 aliphatic carbocycles. The standard InChI is InChI=1S/C16H27N3O2/c1-4-8-17-14-10-15(19-16(18-14)12(2)3)21-11-13-7-5-6-9-20-13/h10,12-13H,4-9,11H2,1-3H3,(H,17,18,19). The number of aromatic nitrogens is 2. The third kappa shape index (κ3) is 5.16. The summed E-state index contributed by atoms with van der Waals surface area (Å²) in [5, 5.41) is 3.31. The summed E-state index contributed by atoms with van der Waals surface area (Å²) in [5.74, 6) is 2.58. The van der Waals surface area contributed by atoms with Crippen LogP contribution < -0.4 is 10.1 Å². The van der Waals surface area contributed by atoms with Gasteiger partial charge >= 0.3 is 0 Å². The van der Waals surface area contributed by atoms with Gasteiger partial charge < -0.3 is 14.8 Å². The third-order valence-electron chi connectivity index (χ3n) is 3.48. The number of nitrogens with zero attached hydrogens (tertiary/aromatic N) is 2. The minimum absolute atomic E-state index is 0.197. The Morgan fingerprint density at radius 3 is 2.90 bits per heavy atom. The van der Waals surface area contributed by atoms with Crippen molar-refractivity contribution in [3.05, 3.63) is 11.9 Å². The molecule has 1 aliphatic heterocycles. The van der Waals surface area contributed by atoms with Gasteiger partial charge in [0.05, 0.1) is 6.10 Å². The molecule has 0 saturated carbocycles. The van der Waals surface area contributed by atoms with Crippen LogP contribution in [0.4, 0.5) is 5.82 Å². The molecule has 0 amide bonds. The van der Waals surface area contributed by atoms with E-state index in [1.807, 2.05) is 6.07 Å². The summed E-state index contributed by atoms with van der Waals surface area (Å²) in [6.07, 6.45) is 4.71. The van der Waals surface area contributed by atoms with Crippen molar-refractivity contribution in [2.45, 2.75) is 58.5 Å². The molecule has 0 spiro atoms. The maximum Gasteiger partial charge on any atom is 0.218 e. The van der Waals surface area contributed by atoms with Crippen LogP contribution in [-0.4, -0.2) is 35.8 Å². The van der Waals surface area contributed by atoms with Gasteiger partial charge in [-0.05, 0) is 25.7 Å². The summed E-state index contributed by atoms with van der Waals surface area (Å²) in [6, 6.07) is 1.88. The summed E-state index contributed by atoms with van der Waals surface area (Å²) < 4.78 is 11.5. The molecule has 1 aliphatic rings. The molecule has 0 radical (unpaired) electrons. The molecule has 2 heterocycles. The number of ether oxygens (including phenoxy) is 2. The summed E-state index contributed by atoms with van der Waals surface area (Å²) in [4.78, 5) is 9.03. The van der Waals surface area contributed by atoms with Gasteiger partial charge in [0.2, 0.25) is 5.88 Å². The monoisotopic (exact) mass is 293 g/mol. The Balaban J connectivity index is 2.00. The van der Waals surface area contributed by atoms with Crippen molar-refractivity contribution in [2.24, 2.45) is 0 Å². The lowest BCUT2D eigenvalue weighted by Crippen LogP contribution is -2.26. The average Bonchev–Trinajstić information content (AvgIpc) is 2.51. The zero-order chi connectivity index (χ0) is 15.1. The van der Waals surface area contributed by atoms with Gasteiger partial charge in [-0.25, -0.2) is 4.98 Å². The van der Waals surface area contributed by atoms with Gasteiger partial charge in [-0.2, -0.15) is 4.98 Å². The Labute approximate surface area is 127 Å². The van der Waals surface area contributed by atoms with Crippen LogP contribution in [0.2, 0.25) is 0 Å². The minimum atomic E-state index is 0.197. The second-order valence-corrected chi connectivity index (χ2v) is 5.83. The van der Waals surface area contributed by atoms with Crippen molar-refractivity contribution in [3.63, 3.8) is 0 Å². The van der Waals surface area contributed by atoms with E-state index in [0.717, 1.165) is 44.1 Å². The lowest BCUT2D eigenvalue weighted by Gasteiger charge is -2.22. The molecule has 1 aromatic heterocycles. The molecular formula is C16H27N3O2. The van der Waals surface area contributed by atoms with Gasteiger partial charge in [0.25, 0.3) is 0 Å². The predicted molar refractivity (Wildman–Crippen MR) is 84.0 cm³/mol. The fourth-order valence-corrected chi connectivity index (χ4v) is 2.24. The lowest BCUT2D eigenvalue weighted by atomic mass is 10.1. The molecular weight excluding hydrogens is 266 g/mol. The Bertz CT molecular complexity index is 432. The van der Waals surface area contributed by atoms with Gasteiger partial charge in [0, 0.05) is 25.1 Å². The van der Waals surface area contributed by atoms with Crippen molar-refractivity contribution >= 4 is 5.82 Å². The first kappa shape index (κ1) is 16.0. The summed E-state index contributed by atoms with van der Waals surface area (Å²) in [7, 11) is 0. The van der Waals surface area contributed by atoms with E-state index < -0.39 is 0 Å². The number of hydrogen-bond acceptors (Lipinski definition) is 5. The smallest absolute Gasteiger partial charge is 0.218 e. The molecule has 2 rings (SSSR count). The molecule has 1 fully saturated rings. The normalized spacial score (nSPS) is 18.8. The molecule has 1 atom stereocenters. The van der Waals surface area contributed by atoms with Gasteiger partial charge in [-0.1, -0.05) is 20.8 Å². The van der Waals surface area contributed by atoms with Crippen LogP contribution in [0.5, 0.6) is 5.88 Å². The van der Waals surface area contributed by atoms with Crippen molar-refractivity contribution in [1.82, 2.24) is 9.97 Å². The number of anilines is 1. The van der Waals surface area contributed by atoms with Crippen LogP contribution in [0.1, 0.15) is 58.2 Å². The highest BCUT2D eigenvalue weighted by Crippen LogP contribution is 2.20. The second kappa shape index (κ2) is 8.17. The van der Waals surface area contributed by atoms with E-state index in [9.17, 15) is 0 Å². The Morgan fingerprint density at radius 1 is 1.38 bits per heavy atom. The van der Waals surface area contributed by atoms with Gasteiger partial charge in [0.15, 0.2) is 0 Å². The quantitative estimate of drug-likeness (QED) is 0.835. The first-order chi connectivity index (χ1) is 10.2. The lowest BCUT2D eigenvalue weighted by molar-refractivity contribution is -0.0120. The van der Waals surface area contributed by atoms with E-state index in [1.165, 1.54) is 6.42 Å². The Morgan fingerprint density at radius 2 is 2.24 bits per heavy atom. The SMILES string of the molecule is CCCNc1cc(OCC2CCCCO2)nc(C(C)C)n1. The third-order valence-corrected chi connectivity index (χ3v) is 3.48. The first-order valence-electron chi connectivity index (χ1n) is 8.06. The van der Waals surface area contributed by atoms with E-state index in [1.54, 1.807) is 0 Å². The topological polar surface area (TPSA) is 56.3 Å². The highest BCUT2D eigenvalue weighted by atomic mass is 16.5. The minimum Gasteiger partial charge on any atom is -0.475 e. The fraction of sp³-hybridized carbons (Fsp3) is 0.750. The molecule has 1 aromatic rings. The first-order valence-corrected chi connectivity index (χ1v) is 8.06. The van der Waals surface area contributed by atoms with Gasteiger partial charge in [-0.15, -0.1) is 0 Å². The van der Waals surface area contributed by atoms with Crippen molar-refractivity contribution in [1.29, 1.82) is 0 Å². The maximum absolute atomic E-state index is 5.84. The zero-order valence-electron chi connectivity index (χ0n) is 13.4. The van der Waals surface area contributed by atoms with Crippen LogP contribution in [-0.2, 0) is 4.74 Å². The highest BCUT2D eigenvalue weighted by Gasteiger charge is 2.16. The van der Waals surface area contributed by atoms with Crippen molar-refractivity contribution in [3.8, 4) is 5.88 Å². The van der Waals surface area contributed by atoms with Gasteiger partial charge in [-0.3, -0.25) is 0 Å². The second-order valence-electron chi connectivity index (χ2n) is 5.83. The van der Waals surface area contributed by atoms with E-state index >= 15 is 0 Å². The van der Waals surface area contributed by atoms with E-state index in [2.05, 4.69) is 36.1 Å². The van der Waals surface area contributed by atoms with E-state index in [-0.39, 0.29) is 12.0 Å². The molecule has 0 aromatic carbocycles. The average molecular weight is 293 g/mol. The van der Waals surface area contributed by atoms with E-state index in [0.29, 0.717) is 12.5 Å². The molecule has 0 bridgehead atoms. The Hall–Kier alpha value is -1.36. The molecule has 1 saturated heterocycles. The Kier molecular flexibility index (Phi) is 6.23. The maximum atomic E-state index is 5.84. The van der Waals surface area contributed by atoms with Crippen molar-refractivity contribution in [2.75, 3.05) is 25.1 Å². The van der Waals surface area contributed by atoms with Crippen LogP contribution in [0.3, 0.4) is 0 Å². The number of hydrogen-bond donors (Lipinski definition) is 1. The van der Waals surface area contributed by atoms with Crippen LogP contribution in [0, 0.1) is 0 Å². The fourth-order valence-electron chi connectivity index (χ4n) is 2.24. The van der Waals surface area contributed by atoms with Crippen LogP contribution >= 0.6 is 0 Å². The van der Waals surface area contributed by atoms with Crippen LogP contribution in [0.15, 0.2) is 6.07 Å². The summed E-state index contributed by atoms with van der Waals surface area (Å²) in [5.41, 5.74) is 0. The summed E-state index contributed by atoms with van der Waals surface area (Å²) in [6.45, 7) is 8.63.